The number of hydrogen-bond acceptors (Lipinski definition) is 4. The molecule has 5 nitrogen and oxygen atoms in total. The fourth-order valence-corrected chi connectivity index (χ4v) is 3.22. The number of nitrogens with zero attached hydrogens (tertiary/aromatic N) is 3. The minimum atomic E-state index is -0.188. The lowest BCUT2D eigenvalue weighted by Gasteiger charge is -2.20. The van der Waals surface area contributed by atoms with Crippen molar-refractivity contribution < 1.29 is 0 Å². The molecule has 2 fully saturated rings. The first-order valence-electron chi connectivity index (χ1n) is 6.42. The second-order valence-corrected chi connectivity index (χ2v) is 5.43. The first-order chi connectivity index (χ1) is 8.70. The van der Waals surface area contributed by atoms with Crippen molar-refractivity contribution in [3.8, 4) is 0 Å². The molecule has 2 saturated heterocycles. The largest absolute Gasteiger partial charge is 0.368 e. The van der Waals surface area contributed by atoms with Crippen molar-refractivity contribution in [3.05, 3.63) is 21.6 Å². The van der Waals surface area contributed by atoms with Crippen molar-refractivity contribution in [1.82, 2.24) is 15.1 Å². The van der Waals surface area contributed by atoms with Crippen molar-refractivity contribution in [1.29, 1.82) is 0 Å². The minimum Gasteiger partial charge on any atom is -0.368 e. The summed E-state index contributed by atoms with van der Waals surface area (Å²) in [4.78, 5) is 14.2. The number of rotatable bonds is 2. The van der Waals surface area contributed by atoms with E-state index in [1.807, 2.05) is 6.92 Å². The van der Waals surface area contributed by atoms with Gasteiger partial charge < -0.3 is 10.2 Å². The highest BCUT2D eigenvalue weighted by atomic mass is 35.5. The third-order valence-corrected chi connectivity index (χ3v) is 4.35. The Bertz CT molecular complexity index is 503. The lowest BCUT2D eigenvalue weighted by molar-refractivity contribution is 0.533. The molecule has 1 aromatic heterocycles. The number of nitrogens with one attached hydrogen (secondary N) is 1. The summed E-state index contributed by atoms with van der Waals surface area (Å²) in [6, 6.07) is 0. The summed E-state index contributed by atoms with van der Waals surface area (Å²) < 4.78 is 1.39. The molecule has 2 unspecified atom stereocenters. The van der Waals surface area contributed by atoms with E-state index in [2.05, 4.69) is 15.3 Å². The Labute approximate surface area is 111 Å². The molecule has 2 atom stereocenters. The molecule has 3 heterocycles. The molecular formula is C12H17ClN4O. The van der Waals surface area contributed by atoms with E-state index in [0.29, 0.717) is 23.4 Å². The van der Waals surface area contributed by atoms with Crippen LogP contribution in [0, 0.1) is 11.8 Å². The molecule has 2 aliphatic heterocycles. The lowest BCUT2D eigenvalue weighted by atomic mass is 10.0. The van der Waals surface area contributed by atoms with Gasteiger partial charge in [0.2, 0.25) is 0 Å². The summed E-state index contributed by atoms with van der Waals surface area (Å²) in [5.41, 5.74) is 0.604. The standard InChI is InChI=1S/C12H17ClN4O/c1-2-17-12(18)11(13)10(5-15-17)16-6-8-3-14-4-9(8)7-16/h5,8-9,14H,2-4,6-7H2,1H3. The maximum Gasteiger partial charge on any atom is 0.287 e. The molecule has 0 spiro atoms. The SMILES string of the molecule is CCn1ncc(N2CC3CNCC3C2)c(Cl)c1=O. The van der Waals surface area contributed by atoms with E-state index in [4.69, 9.17) is 11.6 Å². The van der Waals surface area contributed by atoms with Gasteiger partial charge in [0.05, 0.1) is 11.9 Å². The van der Waals surface area contributed by atoms with Gasteiger partial charge in [-0.3, -0.25) is 4.79 Å². The van der Waals surface area contributed by atoms with Crippen molar-refractivity contribution in [2.24, 2.45) is 11.8 Å². The summed E-state index contributed by atoms with van der Waals surface area (Å²) in [7, 11) is 0. The summed E-state index contributed by atoms with van der Waals surface area (Å²) >= 11 is 6.18. The van der Waals surface area contributed by atoms with Gasteiger partial charge in [0.25, 0.3) is 5.56 Å². The molecule has 18 heavy (non-hydrogen) atoms. The third kappa shape index (κ3) is 1.82. The second kappa shape index (κ2) is 4.55. The van der Waals surface area contributed by atoms with Gasteiger partial charge in [-0.15, -0.1) is 0 Å². The van der Waals surface area contributed by atoms with E-state index in [9.17, 15) is 4.79 Å². The Morgan fingerprint density at radius 2 is 2.11 bits per heavy atom. The molecule has 3 rings (SSSR count). The normalized spacial score (nSPS) is 26.7. The van der Waals surface area contributed by atoms with E-state index in [1.165, 1.54) is 4.68 Å². The highest BCUT2D eigenvalue weighted by Gasteiger charge is 2.37. The fourth-order valence-electron chi connectivity index (χ4n) is 2.95. The number of aryl methyl sites for hydroxylation is 1. The maximum atomic E-state index is 12.0. The predicted molar refractivity (Wildman–Crippen MR) is 71.2 cm³/mol. The third-order valence-electron chi connectivity index (χ3n) is 4.00. The van der Waals surface area contributed by atoms with Crippen molar-refractivity contribution >= 4 is 17.3 Å². The van der Waals surface area contributed by atoms with Gasteiger partial charge in [-0.2, -0.15) is 5.10 Å². The Hall–Kier alpha value is -1.07. The van der Waals surface area contributed by atoms with Crippen molar-refractivity contribution in [3.63, 3.8) is 0 Å². The Morgan fingerprint density at radius 3 is 2.72 bits per heavy atom. The average molecular weight is 269 g/mol. The monoisotopic (exact) mass is 268 g/mol. The fraction of sp³-hybridized carbons (Fsp3) is 0.667. The highest BCUT2D eigenvalue weighted by molar-refractivity contribution is 6.33. The van der Waals surface area contributed by atoms with E-state index in [1.54, 1.807) is 6.20 Å². The first kappa shape index (κ1) is 12.0. The molecule has 2 aliphatic rings. The van der Waals surface area contributed by atoms with Gasteiger partial charge in [-0.1, -0.05) is 11.6 Å². The number of fused-ring (bicyclic) bond motifs is 1. The van der Waals surface area contributed by atoms with Crippen molar-refractivity contribution in [2.45, 2.75) is 13.5 Å². The summed E-state index contributed by atoms with van der Waals surface area (Å²) in [6.07, 6.45) is 1.72. The topological polar surface area (TPSA) is 50.2 Å². The number of anilines is 1. The van der Waals surface area contributed by atoms with Crippen LogP contribution in [0.5, 0.6) is 0 Å². The van der Waals surface area contributed by atoms with Crippen LogP contribution in [-0.2, 0) is 6.54 Å². The molecule has 0 bridgehead atoms. The van der Waals surface area contributed by atoms with E-state index >= 15 is 0 Å². The van der Waals surface area contributed by atoms with Gasteiger partial charge in [0, 0.05) is 32.7 Å². The molecule has 0 aromatic carbocycles. The number of halogens is 1. The zero-order valence-electron chi connectivity index (χ0n) is 10.4. The van der Waals surface area contributed by atoms with E-state index < -0.39 is 0 Å². The Balaban J connectivity index is 1.90. The number of hydrogen-bond donors (Lipinski definition) is 1. The molecule has 0 saturated carbocycles. The first-order valence-corrected chi connectivity index (χ1v) is 6.79. The summed E-state index contributed by atoms with van der Waals surface area (Å²) in [5.74, 6) is 1.35. The average Bonchev–Trinajstić information content (AvgIpc) is 2.93. The van der Waals surface area contributed by atoms with Gasteiger partial charge in [-0.05, 0) is 18.8 Å². The van der Waals surface area contributed by atoms with Crippen LogP contribution in [0.3, 0.4) is 0 Å². The Kier molecular flexibility index (Phi) is 3.03. The van der Waals surface area contributed by atoms with Gasteiger partial charge in [0.15, 0.2) is 0 Å². The van der Waals surface area contributed by atoms with Crippen LogP contribution in [0.4, 0.5) is 5.69 Å². The van der Waals surface area contributed by atoms with Gasteiger partial charge >= 0.3 is 0 Å². The molecule has 1 N–H and O–H groups in total. The van der Waals surface area contributed by atoms with E-state index in [-0.39, 0.29) is 5.56 Å². The quantitative estimate of drug-likeness (QED) is 0.852. The van der Waals surface area contributed by atoms with Gasteiger partial charge in [0.1, 0.15) is 5.02 Å². The summed E-state index contributed by atoms with van der Waals surface area (Å²) in [6.45, 7) is 6.50. The smallest absolute Gasteiger partial charge is 0.287 e. The second-order valence-electron chi connectivity index (χ2n) is 5.05. The maximum absolute atomic E-state index is 12.0. The van der Waals surface area contributed by atoms with Crippen LogP contribution in [-0.4, -0.2) is 36.0 Å². The van der Waals surface area contributed by atoms with Crippen LogP contribution in [0.1, 0.15) is 6.92 Å². The predicted octanol–water partition coefficient (Wildman–Crippen LogP) is 0.572. The van der Waals surface area contributed by atoms with Crippen LogP contribution in [0.25, 0.3) is 0 Å². The van der Waals surface area contributed by atoms with Crippen molar-refractivity contribution in [2.75, 3.05) is 31.1 Å². The lowest BCUT2D eigenvalue weighted by Crippen LogP contribution is -2.30. The van der Waals surface area contributed by atoms with Gasteiger partial charge in [-0.25, -0.2) is 4.68 Å². The van der Waals surface area contributed by atoms with Crippen LogP contribution < -0.4 is 15.8 Å². The Morgan fingerprint density at radius 1 is 1.44 bits per heavy atom. The number of aromatic nitrogens is 2. The molecule has 0 radical (unpaired) electrons. The molecule has 1 aromatic rings. The van der Waals surface area contributed by atoms with E-state index in [0.717, 1.165) is 31.9 Å². The van der Waals surface area contributed by atoms with Crippen LogP contribution in [0.15, 0.2) is 11.0 Å². The molecule has 6 heteroatoms. The van der Waals surface area contributed by atoms with Crippen LogP contribution in [0.2, 0.25) is 5.02 Å². The molecular weight excluding hydrogens is 252 g/mol. The zero-order chi connectivity index (χ0) is 12.7. The molecule has 0 aliphatic carbocycles. The minimum absolute atomic E-state index is 0.188. The molecule has 98 valence electrons. The summed E-state index contributed by atoms with van der Waals surface area (Å²) in [5, 5.41) is 7.86. The zero-order valence-corrected chi connectivity index (χ0v) is 11.2. The van der Waals surface area contributed by atoms with Crippen LogP contribution >= 0.6 is 11.6 Å². The highest BCUT2D eigenvalue weighted by Crippen LogP contribution is 2.32. The molecule has 0 amide bonds.